The molecule has 0 spiro atoms. The molecule has 0 bridgehead atoms. The molecule has 0 atom stereocenters. The smallest absolute Gasteiger partial charge is 0.246 e. The number of fused-ring (bicyclic) bond motifs is 1. The summed E-state index contributed by atoms with van der Waals surface area (Å²) >= 11 is 5.51. The monoisotopic (exact) mass is 168 g/mol. The molecular formula is C7H5ClN2O. The summed E-state index contributed by atoms with van der Waals surface area (Å²) in [6.07, 6.45) is 1.66. The van der Waals surface area contributed by atoms with Crippen LogP contribution in [0.15, 0.2) is 22.7 Å². The van der Waals surface area contributed by atoms with E-state index in [0.717, 1.165) is 5.52 Å². The summed E-state index contributed by atoms with van der Waals surface area (Å²) in [7, 11) is 0. The lowest BCUT2D eigenvalue weighted by Gasteiger charge is -1.79. The number of rotatable bonds is 1. The van der Waals surface area contributed by atoms with Crippen LogP contribution in [0, 0.1) is 0 Å². The van der Waals surface area contributed by atoms with E-state index in [2.05, 4.69) is 9.97 Å². The van der Waals surface area contributed by atoms with Crippen molar-refractivity contribution >= 4 is 22.8 Å². The van der Waals surface area contributed by atoms with Crippen molar-refractivity contribution in [2.24, 2.45) is 0 Å². The van der Waals surface area contributed by atoms with Gasteiger partial charge in [0, 0.05) is 6.20 Å². The number of oxazole rings is 1. The number of halogens is 1. The van der Waals surface area contributed by atoms with Crippen molar-refractivity contribution < 1.29 is 4.42 Å². The Morgan fingerprint density at radius 1 is 1.55 bits per heavy atom. The highest BCUT2D eigenvalue weighted by Crippen LogP contribution is 2.12. The van der Waals surface area contributed by atoms with Crippen LogP contribution in [0.3, 0.4) is 0 Å². The second-order valence-electron chi connectivity index (χ2n) is 2.07. The van der Waals surface area contributed by atoms with Crippen LogP contribution in [-0.2, 0) is 5.88 Å². The Morgan fingerprint density at radius 2 is 2.45 bits per heavy atom. The topological polar surface area (TPSA) is 38.9 Å². The first-order valence-electron chi connectivity index (χ1n) is 3.16. The summed E-state index contributed by atoms with van der Waals surface area (Å²) in [5.41, 5.74) is 1.30. The quantitative estimate of drug-likeness (QED) is 0.611. The molecule has 3 nitrogen and oxygen atoms in total. The molecule has 0 aliphatic carbocycles. The SMILES string of the molecule is ClCc1nc2cccnc2o1. The second kappa shape index (κ2) is 2.51. The van der Waals surface area contributed by atoms with Crippen molar-refractivity contribution in [1.82, 2.24) is 9.97 Å². The van der Waals surface area contributed by atoms with Gasteiger partial charge in [-0.2, -0.15) is 0 Å². The normalized spacial score (nSPS) is 10.6. The Balaban J connectivity index is 2.69. The van der Waals surface area contributed by atoms with E-state index in [-0.39, 0.29) is 5.88 Å². The first-order valence-corrected chi connectivity index (χ1v) is 3.70. The lowest BCUT2D eigenvalue weighted by atomic mass is 10.4. The third-order valence-corrected chi connectivity index (χ3v) is 1.55. The van der Waals surface area contributed by atoms with Gasteiger partial charge >= 0.3 is 0 Å². The third-order valence-electron chi connectivity index (χ3n) is 1.33. The molecule has 2 heterocycles. The molecular weight excluding hydrogens is 164 g/mol. The van der Waals surface area contributed by atoms with E-state index >= 15 is 0 Å². The van der Waals surface area contributed by atoms with Gasteiger partial charge in [-0.05, 0) is 12.1 Å². The lowest BCUT2D eigenvalue weighted by Crippen LogP contribution is -1.72. The Kier molecular flexibility index (Phi) is 1.51. The van der Waals surface area contributed by atoms with Gasteiger partial charge in [0.05, 0.1) is 5.88 Å². The number of hydrogen-bond donors (Lipinski definition) is 0. The predicted molar refractivity (Wildman–Crippen MR) is 41.4 cm³/mol. The van der Waals surface area contributed by atoms with Crippen molar-refractivity contribution in [3.8, 4) is 0 Å². The van der Waals surface area contributed by atoms with Gasteiger partial charge in [-0.25, -0.2) is 9.97 Å². The molecule has 0 aliphatic heterocycles. The molecule has 2 aromatic rings. The zero-order chi connectivity index (χ0) is 7.68. The number of hydrogen-bond acceptors (Lipinski definition) is 3. The average molecular weight is 169 g/mol. The summed E-state index contributed by atoms with van der Waals surface area (Å²) in [4.78, 5) is 8.03. The summed E-state index contributed by atoms with van der Waals surface area (Å²) in [6.45, 7) is 0. The summed E-state index contributed by atoms with van der Waals surface area (Å²) < 4.78 is 5.16. The molecule has 0 aliphatic rings. The molecule has 0 amide bonds. The number of nitrogens with zero attached hydrogens (tertiary/aromatic N) is 2. The van der Waals surface area contributed by atoms with E-state index in [0.29, 0.717) is 11.6 Å². The molecule has 2 rings (SSSR count). The predicted octanol–water partition coefficient (Wildman–Crippen LogP) is 1.96. The van der Waals surface area contributed by atoms with E-state index in [9.17, 15) is 0 Å². The molecule has 0 radical (unpaired) electrons. The highest BCUT2D eigenvalue weighted by atomic mass is 35.5. The first kappa shape index (κ1) is 6.61. The van der Waals surface area contributed by atoms with Gasteiger partial charge in [0.2, 0.25) is 11.6 Å². The molecule has 0 fully saturated rings. The molecule has 2 aromatic heterocycles. The maximum atomic E-state index is 5.51. The van der Waals surface area contributed by atoms with Crippen LogP contribution in [0.4, 0.5) is 0 Å². The maximum absolute atomic E-state index is 5.51. The largest absolute Gasteiger partial charge is 0.421 e. The first-order chi connectivity index (χ1) is 5.40. The van der Waals surface area contributed by atoms with E-state index in [1.165, 1.54) is 0 Å². The molecule has 11 heavy (non-hydrogen) atoms. The standard InChI is InChI=1S/C7H5ClN2O/c8-4-6-10-5-2-1-3-9-7(5)11-6/h1-3H,4H2. The third kappa shape index (κ3) is 1.07. The van der Waals surface area contributed by atoms with Crippen LogP contribution < -0.4 is 0 Å². The molecule has 0 saturated carbocycles. The van der Waals surface area contributed by atoms with E-state index in [4.69, 9.17) is 16.0 Å². The fourth-order valence-electron chi connectivity index (χ4n) is 0.872. The van der Waals surface area contributed by atoms with Gasteiger partial charge in [-0.1, -0.05) is 0 Å². The minimum absolute atomic E-state index is 0.288. The number of aromatic nitrogens is 2. The van der Waals surface area contributed by atoms with Gasteiger partial charge in [0.15, 0.2) is 0 Å². The van der Waals surface area contributed by atoms with Gasteiger partial charge in [0.1, 0.15) is 5.52 Å². The van der Waals surface area contributed by atoms with Gasteiger partial charge in [-0.3, -0.25) is 0 Å². The Bertz CT molecular complexity index is 338. The van der Waals surface area contributed by atoms with Crippen molar-refractivity contribution in [2.45, 2.75) is 5.88 Å². The van der Waals surface area contributed by atoms with Crippen molar-refractivity contribution in [2.75, 3.05) is 0 Å². The molecule has 4 heteroatoms. The van der Waals surface area contributed by atoms with Crippen LogP contribution in [0.25, 0.3) is 11.2 Å². The molecule has 0 N–H and O–H groups in total. The highest BCUT2D eigenvalue weighted by molar-refractivity contribution is 6.16. The average Bonchev–Trinajstić information content (AvgIpc) is 2.46. The zero-order valence-corrected chi connectivity index (χ0v) is 6.38. The summed E-state index contributed by atoms with van der Waals surface area (Å²) in [5, 5.41) is 0. The minimum Gasteiger partial charge on any atom is -0.421 e. The van der Waals surface area contributed by atoms with Gasteiger partial charge in [-0.15, -0.1) is 11.6 Å². The van der Waals surface area contributed by atoms with Crippen LogP contribution in [0.5, 0.6) is 0 Å². The number of pyridine rings is 1. The Hall–Kier alpha value is -1.09. The van der Waals surface area contributed by atoms with Crippen molar-refractivity contribution in [3.05, 3.63) is 24.2 Å². The summed E-state index contributed by atoms with van der Waals surface area (Å²) in [5.74, 6) is 0.802. The van der Waals surface area contributed by atoms with Crippen LogP contribution in [0.2, 0.25) is 0 Å². The fourth-order valence-corrected chi connectivity index (χ4v) is 0.986. The maximum Gasteiger partial charge on any atom is 0.246 e. The van der Waals surface area contributed by atoms with Crippen LogP contribution >= 0.6 is 11.6 Å². The lowest BCUT2D eigenvalue weighted by molar-refractivity contribution is 0.545. The molecule has 0 unspecified atom stereocenters. The zero-order valence-electron chi connectivity index (χ0n) is 5.62. The minimum atomic E-state index is 0.288. The highest BCUT2D eigenvalue weighted by Gasteiger charge is 2.02. The molecule has 56 valence electrons. The van der Waals surface area contributed by atoms with Crippen molar-refractivity contribution in [3.63, 3.8) is 0 Å². The van der Waals surface area contributed by atoms with E-state index < -0.39 is 0 Å². The van der Waals surface area contributed by atoms with E-state index in [1.54, 1.807) is 6.20 Å². The molecule has 0 saturated heterocycles. The summed E-state index contributed by atoms with van der Waals surface area (Å²) in [6, 6.07) is 3.64. The van der Waals surface area contributed by atoms with Crippen LogP contribution in [0.1, 0.15) is 5.89 Å². The van der Waals surface area contributed by atoms with Crippen molar-refractivity contribution in [1.29, 1.82) is 0 Å². The molecule has 0 aromatic carbocycles. The van der Waals surface area contributed by atoms with E-state index in [1.807, 2.05) is 12.1 Å². The van der Waals surface area contributed by atoms with Gasteiger partial charge in [0.25, 0.3) is 0 Å². The number of alkyl halides is 1. The second-order valence-corrected chi connectivity index (χ2v) is 2.34. The fraction of sp³-hybridized carbons (Fsp3) is 0.143. The Morgan fingerprint density at radius 3 is 3.18 bits per heavy atom. The van der Waals surface area contributed by atoms with Crippen LogP contribution in [-0.4, -0.2) is 9.97 Å². The Labute approximate surface area is 68.0 Å². The van der Waals surface area contributed by atoms with Gasteiger partial charge < -0.3 is 4.42 Å².